The number of rotatable bonds is 3. The summed E-state index contributed by atoms with van der Waals surface area (Å²) in [6, 6.07) is 2.11. The number of likely N-dealkylation sites (tertiary alicyclic amines) is 1. The molecule has 0 radical (unpaired) electrons. The van der Waals surface area contributed by atoms with Gasteiger partial charge in [0.15, 0.2) is 0 Å². The number of alkyl halides is 1. The molecule has 72 valence electrons. The number of allylic oxidation sites excluding steroid dienone is 2. The van der Waals surface area contributed by atoms with E-state index in [1.807, 2.05) is 0 Å². The number of nitriles is 1. The van der Waals surface area contributed by atoms with Crippen LogP contribution in [0.25, 0.3) is 0 Å². The summed E-state index contributed by atoms with van der Waals surface area (Å²) in [5.74, 6) is 0.705. The van der Waals surface area contributed by atoms with Crippen LogP contribution < -0.4 is 0 Å². The molecule has 0 atom stereocenters. The van der Waals surface area contributed by atoms with Gasteiger partial charge in [-0.05, 0) is 25.7 Å². The molecule has 0 spiro atoms. The predicted molar refractivity (Wildman–Crippen MR) is 54.5 cm³/mol. The molecule has 1 saturated heterocycles. The lowest BCUT2D eigenvalue weighted by Gasteiger charge is -2.30. The standard InChI is InChI=1S/C10H15ClN2/c11-6-3-9-13-8-2-1-4-10(13)5-7-12/h5H,1-4,6,8-9H2/b10-5+. The Morgan fingerprint density at radius 1 is 1.54 bits per heavy atom. The molecule has 1 aliphatic rings. The SMILES string of the molecule is N#C/C=C1\CCCCN1CCCCl. The van der Waals surface area contributed by atoms with Gasteiger partial charge in [-0.2, -0.15) is 5.26 Å². The Morgan fingerprint density at radius 2 is 2.38 bits per heavy atom. The van der Waals surface area contributed by atoms with Crippen molar-refractivity contribution >= 4 is 11.6 Å². The number of nitrogens with zero attached hydrogens (tertiary/aromatic N) is 2. The number of hydrogen-bond acceptors (Lipinski definition) is 2. The van der Waals surface area contributed by atoms with Gasteiger partial charge >= 0.3 is 0 Å². The maximum atomic E-state index is 8.58. The second kappa shape index (κ2) is 5.88. The molecule has 0 unspecified atom stereocenters. The molecule has 0 saturated carbocycles. The molecule has 0 N–H and O–H groups in total. The maximum Gasteiger partial charge on any atom is 0.0930 e. The number of hydrogen-bond donors (Lipinski definition) is 0. The third kappa shape index (κ3) is 3.28. The minimum absolute atomic E-state index is 0.705. The van der Waals surface area contributed by atoms with Crippen molar-refractivity contribution in [3.63, 3.8) is 0 Å². The van der Waals surface area contributed by atoms with Crippen molar-refractivity contribution in [2.24, 2.45) is 0 Å². The lowest BCUT2D eigenvalue weighted by molar-refractivity contribution is 0.291. The van der Waals surface area contributed by atoms with Gasteiger partial charge in [-0.3, -0.25) is 0 Å². The van der Waals surface area contributed by atoms with Gasteiger partial charge < -0.3 is 4.90 Å². The van der Waals surface area contributed by atoms with Crippen LogP contribution in [0.2, 0.25) is 0 Å². The minimum Gasteiger partial charge on any atom is -0.374 e. The second-order valence-corrected chi connectivity index (χ2v) is 3.63. The third-order valence-electron chi connectivity index (χ3n) is 2.31. The smallest absolute Gasteiger partial charge is 0.0930 e. The highest BCUT2D eigenvalue weighted by Gasteiger charge is 2.13. The van der Waals surface area contributed by atoms with Crippen LogP contribution >= 0.6 is 11.6 Å². The summed E-state index contributed by atoms with van der Waals surface area (Å²) < 4.78 is 0. The molecule has 1 aliphatic heterocycles. The maximum absolute atomic E-state index is 8.58. The highest BCUT2D eigenvalue weighted by molar-refractivity contribution is 6.17. The van der Waals surface area contributed by atoms with E-state index in [2.05, 4.69) is 11.0 Å². The van der Waals surface area contributed by atoms with Crippen LogP contribution in [0.4, 0.5) is 0 Å². The van der Waals surface area contributed by atoms with E-state index in [4.69, 9.17) is 16.9 Å². The van der Waals surface area contributed by atoms with Crippen LogP contribution in [0.5, 0.6) is 0 Å². The molecule has 1 heterocycles. The molecule has 0 aromatic heterocycles. The Morgan fingerprint density at radius 3 is 3.08 bits per heavy atom. The van der Waals surface area contributed by atoms with Crippen LogP contribution in [0, 0.1) is 11.3 Å². The zero-order chi connectivity index (χ0) is 9.52. The van der Waals surface area contributed by atoms with Gasteiger partial charge in [0.05, 0.1) is 6.07 Å². The molecule has 0 aromatic rings. The molecule has 1 fully saturated rings. The summed E-state index contributed by atoms with van der Waals surface area (Å²) in [6.45, 7) is 2.08. The zero-order valence-corrected chi connectivity index (χ0v) is 8.56. The van der Waals surface area contributed by atoms with Crippen molar-refractivity contribution < 1.29 is 0 Å². The van der Waals surface area contributed by atoms with Gasteiger partial charge in [0.2, 0.25) is 0 Å². The van der Waals surface area contributed by atoms with Crippen LogP contribution in [0.1, 0.15) is 25.7 Å². The van der Waals surface area contributed by atoms with E-state index in [-0.39, 0.29) is 0 Å². The summed E-state index contributed by atoms with van der Waals surface area (Å²) in [5.41, 5.74) is 1.19. The normalized spacial score (nSPS) is 20.3. The first kappa shape index (κ1) is 10.4. The van der Waals surface area contributed by atoms with Crippen molar-refractivity contribution in [1.29, 1.82) is 5.26 Å². The Kier molecular flexibility index (Phi) is 4.70. The van der Waals surface area contributed by atoms with Gasteiger partial charge in [0, 0.05) is 30.7 Å². The Labute approximate surface area is 84.8 Å². The number of piperidine rings is 1. The molecule has 0 aromatic carbocycles. The zero-order valence-electron chi connectivity index (χ0n) is 7.80. The van der Waals surface area contributed by atoms with Gasteiger partial charge in [-0.15, -0.1) is 11.6 Å². The molecule has 0 amide bonds. The quantitative estimate of drug-likeness (QED) is 0.515. The molecule has 0 aliphatic carbocycles. The lowest BCUT2D eigenvalue weighted by atomic mass is 10.1. The molecule has 0 bridgehead atoms. The number of halogens is 1. The van der Waals surface area contributed by atoms with E-state index < -0.39 is 0 Å². The summed E-state index contributed by atoms with van der Waals surface area (Å²) in [4.78, 5) is 2.29. The molecule has 13 heavy (non-hydrogen) atoms. The van der Waals surface area contributed by atoms with Crippen LogP contribution in [0.3, 0.4) is 0 Å². The topological polar surface area (TPSA) is 27.0 Å². The van der Waals surface area contributed by atoms with Crippen LogP contribution in [-0.2, 0) is 0 Å². The summed E-state index contributed by atoms with van der Waals surface area (Å²) in [5, 5.41) is 8.58. The van der Waals surface area contributed by atoms with Crippen molar-refractivity contribution in [1.82, 2.24) is 4.90 Å². The highest BCUT2D eigenvalue weighted by atomic mass is 35.5. The largest absolute Gasteiger partial charge is 0.374 e. The van der Waals surface area contributed by atoms with Crippen LogP contribution in [-0.4, -0.2) is 23.9 Å². The fourth-order valence-electron chi connectivity index (χ4n) is 1.65. The monoisotopic (exact) mass is 198 g/mol. The average Bonchev–Trinajstić information content (AvgIpc) is 2.17. The first-order chi connectivity index (χ1) is 6.38. The fourth-order valence-corrected chi connectivity index (χ4v) is 1.77. The summed E-state index contributed by atoms with van der Waals surface area (Å²) in [7, 11) is 0. The first-order valence-electron chi connectivity index (χ1n) is 4.78. The summed E-state index contributed by atoms with van der Waals surface area (Å²) >= 11 is 5.63. The Hall–Kier alpha value is -0.680. The van der Waals surface area contributed by atoms with E-state index in [9.17, 15) is 0 Å². The molecule has 3 heteroatoms. The van der Waals surface area contributed by atoms with Crippen molar-refractivity contribution in [3.05, 3.63) is 11.8 Å². The van der Waals surface area contributed by atoms with E-state index in [1.165, 1.54) is 18.5 Å². The van der Waals surface area contributed by atoms with Crippen molar-refractivity contribution in [2.45, 2.75) is 25.7 Å². The van der Waals surface area contributed by atoms with E-state index in [0.29, 0.717) is 5.88 Å². The van der Waals surface area contributed by atoms with Gasteiger partial charge in [-0.1, -0.05) is 0 Å². The summed E-state index contributed by atoms with van der Waals surface area (Å²) in [6.07, 6.45) is 6.18. The predicted octanol–water partition coefficient (Wildman–Crippen LogP) is 2.51. The average molecular weight is 199 g/mol. The minimum atomic E-state index is 0.705. The lowest BCUT2D eigenvalue weighted by Crippen LogP contribution is -2.29. The Bertz CT molecular complexity index is 217. The van der Waals surface area contributed by atoms with E-state index >= 15 is 0 Å². The second-order valence-electron chi connectivity index (χ2n) is 3.25. The third-order valence-corrected chi connectivity index (χ3v) is 2.58. The molecular formula is C10H15ClN2. The fraction of sp³-hybridized carbons (Fsp3) is 0.700. The van der Waals surface area contributed by atoms with E-state index in [0.717, 1.165) is 25.9 Å². The van der Waals surface area contributed by atoms with Crippen LogP contribution in [0.15, 0.2) is 11.8 Å². The molecule has 1 rings (SSSR count). The molecule has 2 nitrogen and oxygen atoms in total. The van der Waals surface area contributed by atoms with E-state index in [1.54, 1.807) is 6.08 Å². The highest BCUT2D eigenvalue weighted by Crippen LogP contribution is 2.20. The van der Waals surface area contributed by atoms with Gasteiger partial charge in [0.25, 0.3) is 0 Å². The molecular weight excluding hydrogens is 184 g/mol. The van der Waals surface area contributed by atoms with Crippen molar-refractivity contribution in [3.8, 4) is 6.07 Å². The van der Waals surface area contributed by atoms with Crippen molar-refractivity contribution in [2.75, 3.05) is 19.0 Å². The van der Waals surface area contributed by atoms with Gasteiger partial charge in [0.1, 0.15) is 0 Å². The Balaban J connectivity index is 2.48. The first-order valence-corrected chi connectivity index (χ1v) is 5.31. The van der Waals surface area contributed by atoms with Gasteiger partial charge in [-0.25, -0.2) is 0 Å².